The second-order valence-electron chi connectivity index (χ2n) is 6.45. The summed E-state index contributed by atoms with van der Waals surface area (Å²) < 4.78 is 0. The minimum atomic E-state index is 0.0419. The second kappa shape index (κ2) is 7.78. The van der Waals surface area contributed by atoms with Crippen molar-refractivity contribution in [3.63, 3.8) is 0 Å². The van der Waals surface area contributed by atoms with Crippen LogP contribution in [-0.2, 0) is 4.79 Å². The summed E-state index contributed by atoms with van der Waals surface area (Å²) in [6, 6.07) is 5.83. The Morgan fingerprint density at radius 1 is 1.28 bits per heavy atom. The summed E-state index contributed by atoms with van der Waals surface area (Å²) in [6.45, 7) is 3.29. The topological polar surface area (TPSA) is 62.3 Å². The number of carbonyl (C=O) groups is 2. The fraction of sp³-hybridized carbons (Fsp3) is 0.421. The fourth-order valence-corrected chi connectivity index (χ4v) is 3.88. The molecule has 0 unspecified atom stereocenters. The van der Waals surface area contributed by atoms with Crippen LogP contribution in [-0.4, -0.2) is 41.8 Å². The maximum absolute atomic E-state index is 12.8. The number of piperidine rings is 1. The molecule has 0 radical (unpaired) electrons. The normalized spacial score (nSPS) is 15.2. The van der Waals surface area contributed by atoms with Gasteiger partial charge in [-0.3, -0.25) is 14.6 Å². The van der Waals surface area contributed by atoms with E-state index in [1.807, 2.05) is 35.4 Å². The first-order chi connectivity index (χ1) is 12.1. The van der Waals surface area contributed by atoms with Crippen LogP contribution in [0.25, 0.3) is 11.3 Å². The zero-order chi connectivity index (χ0) is 17.8. The number of rotatable bonds is 4. The van der Waals surface area contributed by atoms with Crippen LogP contribution in [0.1, 0.15) is 35.3 Å². The number of likely N-dealkylation sites (tertiary alicyclic amines) is 1. The van der Waals surface area contributed by atoms with Gasteiger partial charge in [-0.25, -0.2) is 0 Å². The summed E-state index contributed by atoms with van der Waals surface area (Å²) >= 11 is 1.64. The molecule has 0 saturated carbocycles. The van der Waals surface area contributed by atoms with E-state index in [-0.39, 0.29) is 11.8 Å². The minimum Gasteiger partial charge on any atom is -0.359 e. The second-order valence-corrected chi connectivity index (χ2v) is 7.23. The van der Waals surface area contributed by atoms with E-state index in [1.54, 1.807) is 18.4 Å². The van der Waals surface area contributed by atoms with E-state index in [0.29, 0.717) is 31.0 Å². The maximum atomic E-state index is 12.8. The van der Waals surface area contributed by atoms with Crippen LogP contribution in [0.3, 0.4) is 0 Å². The van der Waals surface area contributed by atoms with Crippen molar-refractivity contribution >= 4 is 23.2 Å². The quantitative estimate of drug-likeness (QED) is 0.914. The summed E-state index contributed by atoms with van der Waals surface area (Å²) in [5, 5.41) is 6.75. The van der Waals surface area contributed by atoms with Gasteiger partial charge in [-0.05, 0) is 49.3 Å². The molecule has 5 nitrogen and oxygen atoms in total. The lowest BCUT2D eigenvalue weighted by Crippen LogP contribution is -2.39. The number of hydrogen-bond donors (Lipinski definition) is 1. The lowest BCUT2D eigenvalue weighted by atomic mass is 9.93. The largest absolute Gasteiger partial charge is 0.359 e. The Labute approximate surface area is 152 Å². The van der Waals surface area contributed by atoms with Crippen LogP contribution < -0.4 is 5.32 Å². The molecular weight excluding hydrogens is 334 g/mol. The fourth-order valence-electron chi connectivity index (χ4n) is 3.23. The third-order valence-electron chi connectivity index (χ3n) is 4.79. The van der Waals surface area contributed by atoms with Gasteiger partial charge in [0.15, 0.2) is 0 Å². The average molecular weight is 357 g/mol. The number of hydrogen-bond acceptors (Lipinski definition) is 4. The zero-order valence-electron chi connectivity index (χ0n) is 14.6. The van der Waals surface area contributed by atoms with E-state index in [2.05, 4.69) is 15.7 Å². The van der Waals surface area contributed by atoms with Gasteiger partial charge in [0.1, 0.15) is 0 Å². The Bertz CT molecular complexity index is 750. The average Bonchev–Trinajstić information content (AvgIpc) is 3.16. The molecule has 2 aromatic heterocycles. The smallest absolute Gasteiger partial charge is 0.255 e. The van der Waals surface area contributed by atoms with Crippen molar-refractivity contribution in [2.45, 2.75) is 26.2 Å². The predicted molar refractivity (Wildman–Crippen MR) is 99.6 cm³/mol. The molecule has 1 saturated heterocycles. The van der Waals surface area contributed by atoms with Crippen molar-refractivity contribution in [2.75, 3.05) is 20.1 Å². The minimum absolute atomic E-state index is 0.0419. The summed E-state index contributed by atoms with van der Waals surface area (Å²) in [6.07, 6.45) is 2.30. The summed E-state index contributed by atoms with van der Waals surface area (Å²) in [4.78, 5) is 30.8. The molecule has 132 valence electrons. The molecule has 0 aromatic carbocycles. The van der Waals surface area contributed by atoms with Crippen molar-refractivity contribution in [3.8, 4) is 11.3 Å². The van der Waals surface area contributed by atoms with Gasteiger partial charge >= 0.3 is 0 Å². The molecule has 0 bridgehead atoms. The van der Waals surface area contributed by atoms with Crippen LogP contribution in [0.15, 0.2) is 29.0 Å². The molecule has 2 aromatic rings. The van der Waals surface area contributed by atoms with Crippen molar-refractivity contribution in [3.05, 3.63) is 40.2 Å². The summed E-state index contributed by atoms with van der Waals surface area (Å²) in [5.41, 5.74) is 3.42. The highest BCUT2D eigenvalue weighted by Gasteiger charge is 2.26. The Morgan fingerprint density at radius 2 is 2.04 bits per heavy atom. The predicted octanol–water partition coefficient (Wildman–Crippen LogP) is 3.11. The lowest BCUT2D eigenvalue weighted by Gasteiger charge is -2.32. The molecule has 0 atom stereocenters. The first kappa shape index (κ1) is 17.6. The van der Waals surface area contributed by atoms with Crippen LogP contribution in [0.4, 0.5) is 0 Å². The van der Waals surface area contributed by atoms with Crippen molar-refractivity contribution in [2.24, 2.45) is 5.92 Å². The number of nitrogens with zero attached hydrogens (tertiary/aromatic N) is 2. The third kappa shape index (κ3) is 4.07. The van der Waals surface area contributed by atoms with E-state index < -0.39 is 0 Å². The number of pyridine rings is 1. The Balaban J connectivity index is 1.65. The number of aryl methyl sites for hydroxylation is 1. The Kier molecular flexibility index (Phi) is 5.48. The molecule has 6 heteroatoms. The first-order valence-electron chi connectivity index (χ1n) is 8.58. The summed E-state index contributed by atoms with van der Waals surface area (Å²) in [5.74, 6) is 0.485. The molecule has 1 aliphatic heterocycles. The number of carbonyl (C=O) groups excluding carboxylic acids is 2. The molecule has 1 N–H and O–H groups in total. The van der Waals surface area contributed by atoms with E-state index in [4.69, 9.17) is 0 Å². The number of amides is 2. The molecule has 0 spiro atoms. The molecule has 0 aliphatic carbocycles. The molecule has 3 rings (SSSR count). The molecule has 1 fully saturated rings. The van der Waals surface area contributed by atoms with Crippen molar-refractivity contribution in [1.82, 2.24) is 15.2 Å². The van der Waals surface area contributed by atoms with Crippen LogP contribution in [0.2, 0.25) is 0 Å². The van der Waals surface area contributed by atoms with Crippen molar-refractivity contribution < 1.29 is 9.59 Å². The number of nitrogens with one attached hydrogen (secondary N) is 1. The van der Waals surface area contributed by atoms with E-state index >= 15 is 0 Å². The van der Waals surface area contributed by atoms with Gasteiger partial charge < -0.3 is 10.2 Å². The maximum Gasteiger partial charge on any atom is 0.255 e. The molecule has 25 heavy (non-hydrogen) atoms. The van der Waals surface area contributed by atoms with E-state index in [1.165, 1.54) is 0 Å². The molecule has 1 aliphatic rings. The highest BCUT2D eigenvalue weighted by molar-refractivity contribution is 7.08. The van der Waals surface area contributed by atoms with Gasteiger partial charge in [0, 0.05) is 37.5 Å². The number of thiophene rings is 1. The van der Waals surface area contributed by atoms with Gasteiger partial charge in [0.25, 0.3) is 5.91 Å². The molecule has 3 heterocycles. The Morgan fingerprint density at radius 3 is 2.64 bits per heavy atom. The first-order valence-corrected chi connectivity index (χ1v) is 9.53. The highest BCUT2D eigenvalue weighted by atomic mass is 32.1. The van der Waals surface area contributed by atoms with Gasteiger partial charge in [0.2, 0.25) is 5.91 Å². The monoisotopic (exact) mass is 357 g/mol. The van der Waals surface area contributed by atoms with E-state index in [0.717, 1.165) is 29.8 Å². The molecular formula is C19H23N3O2S. The SMILES string of the molecule is CNC(=O)CC1CCN(C(=O)c2ccc(-c3ccsc3)nc2C)CC1. The lowest BCUT2D eigenvalue weighted by molar-refractivity contribution is -0.121. The van der Waals surface area contributed by atoms with Gasteiger partial charge in [-0.1, -0.05) is 0 Å². The third-order valence-corrected chi connectivity index (χ3v) is 5.47. The molecule has 2 amide bonds. The van der Waals surface area contributed by atoms with Gasteiger partial charge in [-0.2, -0.15) is 11.3 Å². The van der Waals surface area contributed by atoms with Crippen LogP contribution >= 0.6 is 11.3 Å². The van der Waals surface area contributed by atoms with Crippen molar-refractivity contribution in [1.29, 1.82) is 0 Å². The standard InChI is InChI=1S/C19H23N3O2S/c1-13-16(3-4-17(21-13)15-7-10-25-12-15)19(24)22-8-5-14(6-9-22)11-18(23)20-2/h3-4,7,10,12,14H,5-6,8-9,11H2,1-2H3,(H,20,23). The van der Waals surface area contributed by atoms with Crippen LogP contribution in [0.5, 0.6) is 0 Å². The van der Waals surface area contributed by atoms with Crippen LogP contribution in [0, 0.1) is 12.8 Å². The Hall–Kier alpha value is -2.21. The highest BCUT2D eigenvalue weighted by Crippen LogP contribution is 2.24. The number of aromatic nitrogens is 1. The summed E-state index contributed by atoms with van der Waals surface area (Å²) in [7, 11) is 1.66. The van der Waals surface area contributed by atoms with Gasteiger partial charge in [-0.15, -0.1) is 0 Å². The van der Waals surface area contributed by atoms with Gasteiger partial charge in [0.05, 0.1) is 17.0 Å². The zero-order valence-corrected chi connectivity index (χ0v) is 15.4. The van der Waals surface area contributed by atoms with E-state index in [9.17, 15) is 9.59 Å².